The number of nitrogens with zero attached hydrogens (tertiary/aromatic N) is 3. The molecule has 0 aliphatic rings. The lowest BCUT2D eigenvalue weighted by Crippen LogP contribution is -2.28. The molecule has 9 nitrogen and oxygen atoms in total. The Morgan fingerprint density at radius 3 is 2.00 bits per heavy atom. The minimum Gasteiger partial charge on any atom is -0.456 e. The topological polar surface area (TPSA) is 125 Å². The van der Waals surface area contributed by atoms with Crippen molar-refractivity contribution in [3.8, 4) is 0 Å². The lowest BCUT2D eigenvalue weighted by molar-refractivity contribution is -0.00512. The zero-order valence-electron chi connectivity index (χ0n) is 22.4. The van der Waals surface area contributed by atoms with E-state index in [0.29, 0.717) is 33.9 Å². The maximum absolute atomic E-state index is 12.8. The average Bonchev–Trinajstić information content (AvgIpc) is 3.45. The molecule has 1 unspecified atom stereocenters. The Labute approximate surface area is 228 Å². The highest BCUT2D eigenvalue weighted by Crippen LogP contribution is 2.26. The fraction of sp³-hybridized carbons (Fsp3) is 0.600. The maximum atomic E-state index is 12.8. The summed E-state index contributed by atoms with van der Waals surface area (Å²) in [5.41, 5.74) is -1.25. The minimum absolute atomic E-state index is 0.242. The number of thiazole rings is 2. The van der Waals surface area contributed by atoms with E-state index in [0.717, 1.165) is 41.9 Å². The molecular formula is C25H35N3O6S3. The van der Waals surface area contributed by atoms with Crippen LogP contribution in [0, 0.1) is 0 Å². The van der Waals surface area contributed by atoms with Crippen LogP contribution < -0.4 is 0 Å². The summed E-state index contributed by atoms with van der Waals surface area (Å²) in [4.78, 5) is 43.9. The van der Waals surface area contributed by atoms with Gasteiger partial charge in [0.05, 0.1) is 23.4 Å². The molecule has 0 saturated heterocycles. The molecule has 0 aromatic carbocycles. The molecule has 2 aromatic heterocycles. The number of hydrogen-bond donors (Lipinski definition) is 0. The monoisotopic (exact) mass is 569 g/mol. The van der Waals surface area contributed by atoms with Crippen LogP contribution in [0.3, 0.4) is 0 Å². The average molecular weight is 570 g/mol. The molecule has 0 saturated carbocycles. The second kappa shape index (κ2) is 13.0. The maximum Gasteiger partial charge on any atom is 0.350 e. The van der Waals surface area contributed by atoms with E-state index in [1.165, 1.54) is 18.6 Å². The summed E-state index contributed by atoms with van der Waals surface area (Å²) in [7, 11) is -1.48. The Morgan fingerprint density at radius 2 is 1.43 bits per heavy atom. The number of aldehydes is 1. The van der Waals surface area contributed by atoms with E-state index in [1.54, 1.807) is 20.8 Å². The number of unbranched alkanes of at least 4 members (excludes halogenated alkanes) is 2. The number of esters is 2. The van der Waals surface area contributed by atoms with E-state index in [4.69, 9.17) is 9.47 Å². The van der Waals surface area contributed by atoms with Crippen molar-refractivity contribution in [2.75, 3.05) is 0 Å². The number of carbonyl (C=O) groups is 3. The Hall–Kier alpha value is -2.31. The quantitative estimate of drug-likeness (QED) is 0.128. The van der Waals surface area contributed by atoms with Gasteiger partial charge < -0.3 is 9.47 Å². The summed E-state index contributed by atoms with van der Waals surface area (Å²) in [6.45, 7) is 12.9. The molecule has 12 heteroatoms. The van der Waals surface area contributed by atoms with Crippen LogP contribution in [0.15, 0.2) is 16.8 Å². The van der Waals surface area contributed by atoms with Crippen molar-refractivity contribution >= 4 is 58.1 Å². The molecule has 204 valence electrons. The fourth-order valence-electron chi connectivity index (χ4n) is 3.16. The SMILES string of the molecule is CC(C)(C)OC(=O)c1cnc(C=NS(=O)C(C)(C)CCCCCC(C)(C)OC(=O)c2cnc(C=O)s2)s1. The molecule has 0 amide bonds. The van der Waals surface area contributed by atoms with Gasteiger partial charge in [0.1, 0.15) is 36.9 Å². The van der Waals surface area contributed by atoms with Gasteiger partial charge in [0.25, 0.3) is 0 Å². The molecule has 0 spiro atoms. The molecule has 2 aromatic rings. The van der Waals surface area contributed by atoms with Crippen LogP contribution >= 0.6 is 22.7 Å². The van der Waals surface area contributed by atoms with Crippen LogP contribution in [0.1, 0.15) is 115 Å². The molecule has 0 radical (unpaired) electrons. The van der Waals surface area contributed by atoms with Crippen LogP contribution in [0.4, 0.5) is 0 Å². The van der Waals surface area contributed by atoms with Gasteiger partial charge in [-0.1, -0.05) is 12.8 Å². The van der Waals surface area contributed by atoms with Gasteiger partial charge in [0, 0.05) is 0 Å². The first-order chi connectivity index (χ1) is 17.1. The number of ether oxygens (including phenoxy) is 2. The van der Waals surface area contributed by atoms with Crippen LogP contribution in [0.25, 0.3) is 0 Å². The highest BCUT2D eigenvalue weighted by Gasteiger charge is 2.27. The molecule has 0 bridgehead atoms. The smallest absolute Gasteiger partial charge is 0.350 e. The number of carbonyl (C=O) groups excluding carboxylic acids is 3. The summed E-state index contributed by atoms with van der Waals surface area (Å²) in [6.07, 6.45) is 8.77. The van der Waals surface area contributed by atoms with Crippen molar-refractivity contribution in [1.82, 2.24) is 9.97 Å². The van der Waals surface area contributed by atoms with Crippen LogP contribution in [0.5, 0.6) is 0 Å². The highest BCUT2D eigenvalue weighted by molar-refractivity contribution is 7.85. The Morgan fingerprint density at radius 1 is 0.892 bits per heavy atom. The predicted molar refractivity (Wildman–Crippen MR) is 147 cm³/mol. The third-order valence-electron chi connectivity index (χ3n) is 5.11. The molecule has 0 aliphatic heterocycles. The first-order valence-corrected chi connectivity index (χ1v) is 14.7. The molecular weight excluding hydrogens is 534 g/mol. The van der Waals surface area contributed by atoms with Crippen molar-refractivity contribution in [3.05, 3.63) is 32.2 Å². The van der Waals surface area contributed by atoms with E-state index in [9.17, 15) is 18.6 Å². The highest BCUT2D eigenvalue weighted by atomic mass is 32.2. The Balaban J connectivity index is 1.77. The largest absolute Gasteiger partial charge is 0.456 e. The molecule has 0 aliphatic carbocycles. The van der Waals surface area contributed by atoms with Gasteiger partial charge in [0.15, 0.2) is 11.3 Å². The third kappa shape index (κ3) is 10.5. The summed E-state index contributed by atoms with van der Waals surface area (Å²) in [6, 6.07) is 0. The van der Waals surface area contributed by atoms with Crippen LogP contribution in [-0.4, -0.2) is 54.6 Å². The Kier molecular flexibility index (Phi) is 10.8. The van der Waals surface area contributed by atoms with Crippen molar-refractivity contribution < 1.29 is 28.1 Å². The van der Waals surface area contributed by atoms with E-state index in [-0.39, 0.29) is 5.01 Å². The van der Waals surface area contributed by atoms with Crippen LogP contribution in [0.2, 0.25) is 0 Å². The fourth-order valence-corrected chi connectivity index (χ4v) is 5.30. The first-order valence-electron chi connectivity index (χ1n) is 11.9. The zero-order chi connectivity index (χ0) is 27.9. The summed E-state index contributed by atoms with van der Waals surface area (Å²) < 4.78 is 27.4. The van der Waals surface area contributed by atoms with Gasteiger partial charge in [-0.05, 0) is 67.7 Å². The third-order valence-corrected chi connectivity index (χ3v) is 8.37. The van der Waals surface area contributed by atoms with Crippen molar-refractivity contribution in [2.45, 2.75) is 96.5 Å². The zero-order valence-corrected chi connectivity index (χ0v) is 24.8. The van der Waals surface area contributed by atoms with Crippen molar-refractivity contribution in [1.29, 1.82) is 0 Å². The lowest BCUT2D eigenvalue weighted by Gasteiger charge is -2.25. The van der Waals surface area contributed by atoms with Gasteiger partial charge in [-0.15, -0.1) is 22.7 Å². The van der Waals surface area contributed by atoms with Gasteiger partial charge >= 0.3 is 11.9 Å². The molecule has 37 heavy (non-hydrogen) atoms. The lowest BCUT2D eigenvalue weighted by atomic mass is 9.98. The van der Waals surface area contributed by atoms with Crippen molar-refractivity contribution in [3.63, 3.8) is 0 Å². The second-order valence-corrected chi connectivity index (χ2v) is 14.6. The van der Waals surface area contributed by atoms with E-state index >= 15 is 0 Å². The van der Waals surface area contributed by atoms with Crippen molar-refractivity contribution in [2.24, 2.45) is 4.40 Å². The number of rotatable bonds is 13. The first kappa shape index (κ1) is 30.9. The number of hydrogen-bond acceptors (Lipinski definition) is 10. The van der Waals surface area contributed by atoms with Gasteiger partial charge in [0.2, 0.25) is 0 Å². The summed E-state index contributed by atoms with van der Waals surface area (Å²) in [5.74, 6) is -0.928. The van der Waals surface area contributed by atoms with Gasteiger partial charge in [-0.3, -0.25) is 4.79 Å². The van der Waals surface area contributed by atoms with E-state index in [1.807, 2.05) is 27.7 Å². The molecule has 0 fully saturated rings. The summed E-state index contributed by atoms with van der Waals surface area (Å²) in [5, 5.41) is 0.730. The molecule has 1 atom stereocenters. The predicted octanol–water partition coefficient (Wildman–Crippen LogP) is 5.81. The standard InChI is InChI=1S/C25H35N3O6S3/c1-23(2,3)33-21(30)17-13-26-19(35-17)15-28-37(32)25(6,7)12-10-8-9-11-24(4,5)34-22(31)18-14-27-20(16-29)36-18/h13-16H,8-12H2,1-7H3. The van der Waals surface area contributed by atoms with E-state index in [2.05, 4.69) is 14.4 Å². The Bertz CT molecular complexity index is 1140. The van der Waals surface area contributed by atoms with Gasteiger partial charge in [-0.2, -0.15) is 4.40 Å². The van der Waals surface area contributed by atoms with E-state index < -0.39 is 38.9 Å². The second-order valence-electron chi connectivity index (χ2n) is 10.7. The normalized spacial score (nSPS) is 13.5. The van der Waals surface area contributed by atoms with Crippen LogP contribution in [-0.2, 0) is 20.5 Å². The molecule has 0 N–H and O–H groups in total. The van der Waals surface area contributed by atoms with Gasteiger partial charge in [-0.25, -0.2) is 23.8 Å². The molecule has 2 rings (SSSR count). The molecule has 2 heterocycles. The number of aromatic nitrogens is 2. The summed E-state index contributed by atoms with van der Waals surface area (Å²) >= 11 is 2.15. The minimum atomic E-state index is -1.48.